The molecular formula is C19H28N2O2. The standard InChI is InChI=1S/C19H28N2O2/c22-18(15-19(23)10-2-1-3-11-19)21-14-4-5-17(21)7-6-16-8-12-20-13-9-16/h8-9,12-13,17,23H,1-7,10-11,14-15H2. The minimum atomic E-state index is -0.742. The molecule has 1 atom stereocenters. The van der Waals surface area contributed by atoms with Crippen LogP contribution in [0.15, 0.2) is 24.5 Å². The van der Waals surface area contributed by atoms with Crippen molar-refractivity contribution in [1.82, 2.24) is 9.88 Å². The lowest BCUT2D eigenvalue weighted by Crippen LogP contribution is -2.42. The van der Waals surface area contributed by atoms with Gasteiger partial charge < -0.3 is 10.0 Å². The fourth-order valence-corrected chi connectivity index (χ4v) is 4.12. The van der Waals surface area contributed by atoms with E-state index in [1.54, 1.807) is 0 Å². The molecule has 0 radical (unpaired) electrons. The van der Waals surface area contributed by atoms with Crippen molar-refractivity contribution in [3.05, 3.63) is 30.1 Å². The average molecular weight is 316 g/mol. The van der Waals surface area contributed by atoms with Crippen molar-refractivity contribution in [2.75, 3.05) is 6.54 Å². The van der Waals surface area contributed by atoms with Gasteiger partial charge in [0.25, 0.3) is 0 Å². The predicted molar refractivity (Wildman–Crippen MR) is 89.9 cm³/mol. The molecule has 0 aromatic carbocycles. The van der Waals surface area contributed by atoms with Crippen molar-refractivity contribution >= 4 is 5.91 Å². The Morgan fingerprint density at radius 2 is 1.96 bits per heavy atom. The Labute approximate surface area is 138 Å². The van der Waals surface area contributed by atoms with Crippen molar-refractivity contribution in [3.63, 3.8) is 0 Å². The van der Waals surface area contributed by atoms with Crippen molar-refractivity contribution in [1.29, 1.82) is 0 Å². The molecule has 3 rings (SSSR count). The maximum atomic E-state index is 12.7. The average Bonchev–Trinajstić information content (AvgIpc) is 3.03. The Morgan fingerprint density at radius 3 is 2.70 bits per heavy atom. The van der Waals surface area contributed by atoms with Crippen LogP contribution < -0.4 is 0 Å². The summed E-state index contributed by atoms with van der Waals surface area (Å²) in [6.07, 6.45) is 13.0. The zero-order valence-electron chi connectivity index (χ0n) is 13.9. The predicted octanol–water partition coefficient (Wildman–Crippen LogP) is 3.09. The molecule has 0 bridgehead atoms. The van der Waals surface area contributed by atoms with E-state index in [1.807, 2.05) is 29.4 Å². The summed E-state index contributed by atoms with van der Waals surface area (Å²) in [6.45, 7) is 0.857. The maximum Gasteiger partial charge on any atom is 0.225 e. The molecule has 2 aliphatic rings. The topological polar surface area (TPSA) is 53.4 Å². The Morgan fingerprint density at radius 1 is 1.22 bits per heavy atom. The third kappa shape index (κ3) is 4.31. The first-order valence-electron chi connectivity index (χ1n) is 9.07. The van der Waals surface area contributed by atoms with E-state index in [1.165, 1.54) is 12.0 Å². The van der Waals surface area contributed by atoms with Crippen LogP contribution in [-0.2, 0) is 11.2 Å². The highest BCUT2D eigenvalue weighted by Gasteiger charge is 2.36. The number of aromatic nitrogens is 1. The number of aliphatic hydroxyl groups is 1. The van der Waals surface area contributed by atoms with E-state index in [4.69, 9.17) is 0 Å². The van der Waals surface area contributed by atoms with Crippen LogP contribution in [-0.4, -0.2) is 39.1 Å². The van der Waals surface area contributed by atoms with Crippen LogP contribution in [0.1, 0.15) is 63.4 Å². The third-order valence-corrected chi connectivity index (χ3v) is 5.48. The zero-order chi connectivity index (χ0) is 16.1. The van der Waals surface area contributed by atoms with E-state index < -0.39 is 5.60 Å². The largest absolute Gasteiger partial charge is 0.389 e. The summed E-state index contributed by atoms with van der Waals surface area (Å²) in [5.74, 6) is 0.159. The second-order valence-electron chi connectivity index (χ2n) is 7.24. The summed E-state index contributed by atoms with van der Waals surface area (Å²) in [7, 11) is 0. The monoisotopic (exact) mass is 316 g/mol. The summed E-state index contributed by atoms with van der Waals surface area (Å²) < 4.78 is 0. The summed E-state index contributed by atoms with van der Waals surface area (Å²) in [5, 5.41) is 10.6. The summed E-state index contributed by atoms with van der Waals surface area (Å²) in [4.78, 5) is 18.8. The first-order chi connectivity index (χ1) is 11.2. The van der Waals surface area contributed by atoms with E-state index in [0.717, 1.165) is 57.9 Å². The van der Waals surface area contributed by atoms with Gasteiger partial charge in [0.2, 0.25) is 5.91 Å². The molecule has 2 heterocycles. The number of pyridine rings is 1. The van der Waals surface area contributed by atoms with Crippen LogP contribution in [0.5, 0.6) is 0 Å². The van der Waals surface area contributed by atoms with Crippen LogP contribution in [0.2, 0.25) is 0 Å². The fourth-order valence-electron chi connectivity index (χ4n) is 4.12. The summed E-state index contributed by atoms with van der Waals surface area (Å²) in [6, 6.07) is 4.43. The number of nitrogens with zero attached hydrogens (tertiary/aromatic N) is 2. The highest BCUT2D eigenvalue weighted by Crippen LogP contribution is 2.33. The molecule has 1 unspecified atom stereocenters. The van der Waals surface area contributed by atoms with Gasteiger partial charge in [-0.15, -0.1) is 0 Å². The van der Waals surface area contributed by atoms with Gasteiger partial charge in [0.1, 0.15) is 0 Å². The Hall–Kier alpha value is -1.42. The van der Waals surface area contributed by atoms with Crippen LogP contribution >= 0.6 is 0 Å². The smallest absolute Gasteiger partial charge is 0.225 e. The lowest BCUT2D eigenvalue weighted by atomic mass is 9.82. The van der Waals surface area contributed by atoms with Gasteiger partial charge in [-0.05, 0) is 56.2 Å². The first-order valence-corrected chi connectivity index (χ1v) is 9.07. The highest BCUT2D eigenvalue weighted by atomic mass is 16.3. The second kappa shape index (κ2) is 7.43. The van der Waals surface area contributed by atoms with E-state index in [9.17, 15) is 9.90 Å². The Bertz CT molecular complexity index is 511. The van der Waals surface area contributed by atoms with E-state index in [0.29, 0.717) is 12.5 Å². The third-order valence-electron chi connectivity index (χ3n) is 5.48. The molecule has 2 fully saturated rings. The van der Waals surface area contributed by atoms with Gasteiger partial charge in [0, 0.05) is 25.0 Å². The molecule has 4 heteroatoms. The maximum absolute atomic E-state index is 12.7. The number of aryl methyl sites for hydroxylation is 1. The zero-order valence-corrected chi connectivity index (χ0v) is 13.9. The Balaban J connectivity index is 1.54. The minimum Gasteiger partial charge on any atom is -0.389 e. The van der Waals surface area contributed by atoms with Gasteiger partial charge >= 0.3 is 0 Å². The first kappa shape index (κ1) is 16.4. The number of carbonyl (C=O) groups is 1. The van der Waals surface area contributed by atoms with Crippen LogP contribution in [0, 0.1) is 0 Å². The van der Waals surface area contributed by atoms with Crippen molar-refractivity contribution in [3.8, 4) is 0 Å². The van der Waals surface area contributed by atoms with E-state index >= 15 is 0 Å². The van der Waals surface area contributed by atoms with E-state index in [-0.39, 0.29) is 5.91 Å². The summed E-state index contributed by atoms with van der Waals surface area (Å²) >= 11 is 0. The quantitative estimate of drug-likeness (QED) is 0.908. The molecule has 1 aromatic heterocycles. The molecule has 0 spiro atoms. The molecule has 1 amide bonds. The number of carbonyl (C=O) groups excluding carboxylic acids is 1. The van der Waals surface area contributed by atoms with Gasteiger partial charge in [0.05, 0.1) is 12.0 Å². The van der Waals surface area contributed by atoms with E-state index in [2.05, 4.69) is 4.98 Å². The molecule has 126 valence electrons. The molecule has 1 aromatic rings. The highest BCUT2D eigenvalue weighted by molar-refractivity contribution is 5.78. The number of rotatable bonds is 5. The SMILES string of the molecule is O=C(CC1(O)CCCCC1)N1CCCC1CCc1ccncc1. The molecule has 4 nitrogen and oxygen atoms in total. The van der Waals surface area contributed by atoms with Crippen molar-refractivity contribution in [2.24, 2.45) is 0 Å². The summed E-state index contributed by atoms with van der Waals surface area (Å²) in [5.41, 5.74) is 0.540. The second-order valence-corrected chi connectivity index (χ2v) is 7.24. The van der Waals surface area contributed by atoms with Crippen molar-refractivity contribution in [2.45, 2.75) is 75.9 Å². The molecule has 1 N–H and O–H groups in total. The van der Waals surface area contributed by atoms with Gasteiger partial charge in [0.15, 0.2) is 0 Å². The molecular weight excluding hydrogens is 288 g/mol. The van der Waals surface area contributed by atoms with Crippen LogP contribution in [0.4, 0.5) is 0 Å². The molecule has 1 saturated carbocycles. The fraction of sp³-hybridized carbons (Fsp3) is 0.684. The van der Waals surface area contributed by atoms with Crippen LogP contribution in [0.3, 0.4) is 0 Å². The van der Waals surface area contributed by atoms with Gasteiger partial charge in [-0.2, -0.15) is 0 Å². The van der Waals surface area contributed by atoms with Gasteiger partial charge in [-0.1, -0.05) is 19.3 Å². The lowest BCUT2D eigenvalue weighted by Gasteiger charge is -2.34. The van der Waals surface area contributed by atoms with Gasteiger partial charge in [-0.3, -0.25) is 9.78 Å². The number of amides is 1. The molecule has 23 heavy (non-hydrogen) atoms. The van der Waals surface area contributed by atoms with Crippen LogP contribution in [0.25, 0.3) is 0 Å². The lowest BCUT2D eigenvalue weighted by molar-refractivity contribution is -0.138. The number of hydrogen-bond donors (Lipinski definition) is 1. The number of hydrogen-bond acceptors (Lipinski definition) is 3. The molecule has 1 aliphatic carbocycles. The molecule has 1 aliphatic heterocycles. The number of likely N-dealkylation sites (tertiary alicyclic amines) is 1. The van der Waals surface area contributed by atoms with Gasteiger partial charge in [-0.25, -0.2) is 0 Å². The molecule has 1 saturated heterocycles. The minimum absolute atomic E-state index is 0.159. The van der Waals surface area contributed by atoms with Crippen molar-refractivity contribution < 1.29 is 9.90 Å². The normalized spacial score (nSPS) is 23.9. The Kier molecular flexibility index (Phi) is 5.31.